The fraction of sp³-hybridized carbons (Fsp3) is 0.353. The number of hydrogen-bond donors (Lipinski definition) is 2. The number of aromatic nitrogens is 1. The first-order chi connectivity index (χ1) is 10.9. The van der Waals surface area contributed by atoms with Crippen molar-refractivity contribution in [1.29, 1.82) is 0 Å². The predicted octanol–water partition coefficient (Wildman–Crippen LogP) is 2.87. The van der Waals surface area contributed by atoms with Gasteiger partial charge in [-0.05, 0) is 32.4 Å². The summed E-state index contributed by atoms with van der Waals surface area (Å²) >= 11 is 0. The zero-order chi connectivity index (χ0) is 16.6. The van der Waals surface area contributed by atoms with E-state index < -0.39 is 11.4 Å². The number of hydrogen-bond acceptors (Lipinski definition) is 3. The summed E-state index contributed by atoms with van der Waals surface area (Å²) in [4.78, 5) is 29.8. The molecule has 0 saturated carbocycles. The van der Waals surface area contributed by atoms with E-state index in [0.29, 0.717) is 18.7 Å². The molecule has 6 nitrogen and oxygen atoms in total. The molecule has 0 bridgehead atoms. The highest BCUT2D eigenvalue weighted by Crippen LogP contribution is 2.31. The molecule has 2 aromatic rings. The van der Waals surface area contributed by atoms with E-state index in [-0.39, 0.29) is 12.6 Å². The number of rotatable bonds is 2. The summed E-state index contributed by atoms with van der Waals surface area (Å²) in [6, 6.07) is 9.21. The van der Waals surface area contributed by atoms with Crippen LogP contribution in [0.15, 0.2) is 30.3 Å². The standard InChI is InChI=1S/C17H19N3O3/c1-11-6-7-12-4-3-5-13(14(12)18-11)19-16(23)20-9-8-17(2,10-20)15(21)22/h3-7H,8-10H2,1-2H3,(H,19,23)(H,21,22). The Kier molecular flexibility index (Phi) is 3.67. The molecule has 6 heteroatoms. The molecule has 1 aliphatic heterocycles. The van der Waals surface area contributed by atoms with Crippen LogP contribution in [0.3, 0.4) is 0 Å². The topological polar surface area (TPSA) is 82.5 Å². The normalized spacial score (nSPS) is 20.7. The van der Waals surface area contributed by atoms with E-state index in [1.54, 1.807) is 17.9 Å². The zero-order valence-electron chi connectivity index (χ0n) is 13.2. The minimum absolute atomic E-state index is 0.214. The Morgan fingerprint density at radius 2 is 2.09 bits per heavy atom. The molecule has 120 valence electrons. The van der Waals surface area contributed by atoms with Crippen molar-refractivity contribution in [3.8, 4) is 0 Å². The highest BCUT2D eigenvalue weighted by molar-refractivity contribution is 6.00. The number of nitrogens with zero attached hydrogens (tertiary/aromatic N) is 2. The number of fused-ring (bicyclic) bond motifs is 1. The number of carboxylic acid groups (broad SMARTS) is 1. The number of aryl methyl sites for hydroxylation is 1. The molecule has 1 aromatic carbocycles. The van der Waals surface area contributed by atoms with Crippen LogP contribution >= 0.6 is 0 Å². The number of para-hydroxylation sites is 1. The van der Waals surface area contributed by atoms with Crippen LogP contribution in [0, 0.1) is 12.3 Å². The maximum atomic E-state index is 12.4. The summed E-state index contributed by atoms with van der Waals surface area (Å²) in [5, 5.41) is 13.1. The number of urea groups is 1. The molecule has 2 amide bonds. The fourth-order valence-electron chi connectivity index (χ4n) is 2.85. The van der Waals surface area contributed by atoms with Gasteiger partial charge in [0.05, 0.1) is 16.6 Å². The van der Waals surface area contributed by atoms with Crippen molar-refractivity contribution >= 4 is 28.6 Å². The molecule has 1 aliphatic rings. The second kappa shape index (κ2) is 5.53. The monoisotopic (exact) mass is 313 g/mol. The Labute approximate surface area is 134 Å². The first-order valence-corrected chi connectivity index (χ1v) is 7.55. The van der Waals surface area contributed by atoms with Gasteiger partial charge in [0.1, 0.15) is 0 Å². The molecule has 1 unspecified atom stereocenters. The number of likely N-dealkylation sites (tertiary alicyclic amines) is 1. The van der Waals surface area contributed by atoms with Crippen LogP contribution in [0.4, 0.5) is 10.5 Å². The van der Waals surface area contributed by atoms with E-state index in [1.807, 2.05) is 31.2 Å². The van der Waals surface area contributed by atoms with Gasteiger partial charge in [0.2, 0.25) is 0 Å². The minimum Gasteiger partial charge on any atom is -0.481 e. The largest absolute Gasteiger partial charge is 0.481 e. The van der Waals surface area contributed by atoms with Crippen molar-refractivity contribution in [2.24, 2.45) is 5.41 Å². The molecule has 0 radical (unpaired) electrons. The van der Waals surface area contributed by atoms with Gasteiger partial charge in [-0.15, -0.1) is 0 Å². The molecule has 23 heavy (non-hydrogen) atoms. The van der Waals surface area contributed by atoms with Crippen molar-refractivity contribution in [1.82, 2.24) is 9.88 Å². The average molecular weight is 313 g/mol. The van der Waals surface area contributed by atoms with E-state index in [1.165, 1.54) is 0 Å². The van der Waals surface area contributed by atoms with Crippen molar-refractivity contribution in [2.75, 3.05) is 18.4 Å². The number of carbonyl (C=O) groups is 2. The van der Waals surface area contributed by atoms with Crippen LogP contribution in [0.2, 0.25) is 0 Å². The summed E-state index contributed by atoms with van der Waals surface area (Å²) in [6.07, 6.45) is 0.461. The molecule has 2 heterocycles. The maximum absolute atomic E-state index is 12.4. The van der Waals surface area contributed by atoms with Gasteiger partial charge in [0.25, 0.3) is 0 Å². The maximum Gasteiger partial charge on any atom is 0.321 e. The second-order valence-electron chi connectivity index (χ2n) is 6.30. The lowest BCUT2D eigenvalue weighted by Crippen LogP contribution is -2.37. The highest BCUT2D eigenvalue weighted by Gasteiger charge is 2.42. The molecule has 2 N–H and O–H groups in total. The number of carbonyl (C=O) groups excluding carboxylic acids is 1. The van der Waals surface area contributed by atoms with Gasteiger partial charge in [0.15, 0.2) is 0 Å². The van der Waals surface area contributed by atoms with Crippen LogP contribution in [0.1, 0.15) is 19.0 Å². The van der Waals surface area contributed by atoms with Crippen molar-refractivity contribution in [2.45, 2.75) is 20.3 Å². The number of anilines is 1. The number of aliphatic carboxylic acids is 1. The van der Waals surface area contributed by atoms with Crippen LogP contribution in [-0.2, 0) is 4.79 Å². The second-order valence-corrected chi connectivity index (χ2v) is 6.30. The number of carboxylic acids is 1. The Hall–Kier alpha value is -2.63. The SMILES string of the molecule is Cc1ccc2cccc(NC(=O)N3CCC(C)(C(=O)O)C3)c2n1. The molecule has 0 aliphatic carbocycles. The summed E-state index contributed by atoms with van der Waals surface area (Å²) < 4.78 is 0. The molecular weight excluding hydrogens is 294 g/mol. The van der Waals surface area contributed by atoms with Crippen molar-refractivity contribution in [3.05, 3.63) is 36.0 Å². The Morgan fingerprint density at radius 1 is 1.30 bits per heavy atom. The van der Waals surface area contributed by atoms with E-state index >= 15 is 0 Å². The number of benzene rings is 1. The Bertz CT molecular complexity index is 790. The Morgan fingerprint density at radius 3 is 2.78 bits per heavy atom. The summed E-state index contributed by atoms with van der Waals surface area (Å²) in [7, 11) is 0. The predicted molar refractivity (Wildman–Crippen MR) is 87.4 cm³/mol. The zero-order valence-corrected chi connectivity index (χ0v) is 13.2. The first-order valence-electron chi connectivity index (χ1n) is 7.55. The molecule has 1 atom stereocenters. The van der Waals surface area contributed by atoms with Gasteiger partial charge in [-0.25, -0.2) is 4.79 Å². The van der Waals surface area contributed by atoms with Gasteiger partial charge in [0, 0.05) is 24.2 Å². The van der Waals surface area contributed by atoms with E-state index in [9.17, 15) is 14.7 Å². The first kappa shape index (κ1) is 15.3. The quantitative estimate of drug-likeness (QED) is 0.893. The van der Waals surface area contributed by atoms with Gasteiger partial charge in [-0.3, -0.25) is 9.78 Å². The van der Waals surface area contributed by atoms with Gasteiger partial charge in [-0.1, -0.05) is 18.2 Å². The molecule has 1 aromatic heterocycles. The summed E-state index contributed by atoms with van der Waals surface area (Å²) in [5.41, 5.74) is 1.38. The summed E-state index contributed by atoms with van der Waals surface area (Å²) in [5.74, 6) is -0.866. The lowest BCUT2D eigenvalue weighted by molar-refractivity contribution is -0.146. The lowest BCUT2D eigenvalue weighted by atomic mass is 9.90. The van der Waals surface area contributed by atoms with Crippen molar-refractivity contribution in [3.63, 3.8) is 0 Å². The number of pyridine rings is 1. The summed E-state index contributed by atoms with van der Waals surface area (Å²) in [6.45, 7) is 4.22. The molecule has 1 fully saturated rings. The molecular formula is C17H19N3O3. The lowest BCUT2D eigenvalue weighted by Gasteiger charge is -2.20. The fourth-order valence-corrected chi connectivity index (χ4v) is 2.85. The number of amides is 2. The molecule has 3 rings (SSSR count). The van der Waals surface area contributed by atoms with Crippen LogP contribution in [0.25, 0.3) is 10.9 Å². The highest BCUT2D eigenvalue weighted by atomic mass is 16.4. The molecule has 0 spiro atoms. The van der Waals surface area contributed by atoms with Gasteiger partial charge < -0.3 is 15.3 Å². The van der Waals surface area contributed by atoms with Crippen molar-refractivity contribution < 1.29 is 14.7 Å². The van der Waals surface area contributed by atoms with Crippen LogP contribution in [0.5, 0.6) is 0 Å². The third kappa shape index (κ3) is 2.84. The third-order valence-corrected chi connectivity index (χ3v) is 4.38. The van der Waals surface area contributed by atoms with Crippen LogP contribution < -0.4 is 5.32 Å². The van der Waals surface area contributed by atoms with E-state index in [0.717, 1.165) is 16.6 Å². The smallest absolute Gasteiger partial charge is 0.321 e. The van der Waals surface area contributed by atoms with Gasteiger partial charge >= 0.3 is 12.0 Å². The van der Waals surface area contributed by atoms with E-state index in [4.69, 9.17) is 0 Å². The number of nitrogens with one attached hydrogen (secondary N) is 1. The molecule has 1 saturated heterocycles. The Balaban J connectivity index is 1.82. The van der Waals surface area contributed by atoms with E-state index in [2.05, 4.69) is 10.3 Å². The van der Waals surface area contributed by atoms with Gasteiger partial charge in [-0.2, -0.15) is 0 Å². The average Bonchev–Trinajstić information content (AvgIpc) is 2.92. The minimum atomic E-state index is -0.870. The van der Waals surface area contributed by atoms with Crippen LogP contribution in [-0.4, -0.2) is 40.1 Å². The third-order valence-electron chi connectivity index (χ3n) is 4.38.